The molecule has 0 aromatic carbocycles. The van der Waals surface area contributed by atoms with Crippen LogP contribution in [0.1, 0.15) is 25.7 Å². The summed E-state index contributed by atoms with van der Waals surface area (Å²) in [6, 6.07) is 0.189. The Kier molecular flexibility index (Phi) is 3.18. The van der Waals surface area contributed by atoms with Crippen LogP contribution in [0.3, 0.4) is 0 Å². The monoisotopic (exact) mass is 282 g/mol. The first-order valence-corrected chi connectivity index (χ1v) is 8.07. The molecule has 19 heavy (non-hydrogen) atoms. The summed E-state index contributed by atoms with van der Waals surface area (Å²) >= 11 is 0. The van der Waals surface area contributed by atoms with E-state index in [1.165, 1.54) is 12.4 Å². The molecule has 104 valence electrons. The second-order valence-corrected chi connectivity index (χ2v) is 7.13. The average Bonchev–Trinajstić information content (AvgIpc) is 3.28. The number of hydrogen-bond acceptors (Lipinski definition) is 5. The van der Waals surface area contributed by atoms with E-state index in [1.54, 1.807) is 11.4 Å². The number of nitrogens with zero attached hydrogens (tertiary/aromatic N) is 3. The molecular weight excluding hydrogens is 264 g/mol. The van der Waals surface area contributed by atoms with E-state index in [-0.39, 0.29) is 10.9 Å². The predicted octanol–water partition coefficient (Wildman–Crippen LogP) is 1.08. The molecule has 3 rings (SSSR count). The van der Waals surface area contributed by atoms with Crippen molar-refractivity contribution in [2.24, 2.45) is 5.92 Å². The summed E-state index contributed by atoms with van der Waals surface area (Å²) in [5.41, 5.74) is 0. The number of sulfonamides is 1. The van der Waals surface area contributed by atoms with E-state index in [0.717, 1.165) is 25.7 Å². The van der Waals surface area contributed by atoms with E-state index in [9.17, 15) is 8.42 Å². The predicted molar refractivity (Wildman–Crippen MR) is 71.2 cm³/mol. The molecule has 1 aromatic rings. The molecule has 0 saturated heterocycles. The van der Waals surface area contributed by atoms with Gasteiger partial charge in [0.1, 0.15) is 4.90 Å². The van der Waals surface area contributed by atoms with Crippen molar-refractivity contribution < 1.29 is 8.42 Å². The molecule has 2 aliphatic rings. The lowest BCUT2D eigenvalue weighted by molar-refractivity contribution is 0.388. The molecule has 1 N–H and O–H groups in total. The maximum absolute atomic E-state index is 12.6. The van der Waals surface area contributed by atoms with E-state index in [0.29, 0.717) is 18.4 Å². The summed E-state index contributed by atoms with van der Waals surface area (Å²) in [6.45, 7) is 0.654. The third-order valence-electron chi connectivity index (χ3n) is 3.55. The number of anilines is 1. The molecule has 0 spiro atoms. The third-order valence-corrected chi connectivity index (χ3v) is 5.42. The summed E-state index contributed by atoms with van der Waals surface area (Å²) in [5.74, 6) is 0.979. The number of nitrogens with one attached hydrogen (secondary N) is 1. The molecule has 0 amide bonds. The van der Waals surface area contributed by atoms with Gasteiger partial charge in [0.15, 0.2) is 0 Å². The van der Waals surface area contributed by atoms with Crippen LogP contribution in [0.15, 0.2) is 17.3 Å². The van der Waals surface area contributed by atoms with Crippen molar-refractivity contribution >= 4 is 16.0 Å². The quantitative estimate of drug-likeness (QED) is 0.845. The highest BCUT2D eigenvalue weighted by atomic mass is 32.2. The topological polar surface area (TPSA) is 75.2 Å². The molecule has 0 aliphatic heterocycles. The molecule has 0 radical (unpaired) electrons. The van der Waals surface area contributed by atoms with Crippen LogP contribution in [0.4, 0.5) is 5.95 Å². The Hall–Kier alpha value is -1.21. The molecule has 0 atom stereocenters. The highest BCUT2D eigenvalue weighted by Gasteiger charge is 2.41. The minimum atomic E-state index is -3.44. The second-order valence-electron chi connectivity index (χ2n) is 5.24. The van der Waals surface area contributed by atoms with Gasteiger partial charge >= 0.3 is 0 Å². The van der Waals surface area contributed by atoms with Crippen LogP contribution in [-0.2, 0) is 10.0 Å². The van der Waals surface area contributed by atoms with E-state index in [1.807, 2.05) is 0 Å². The summed E-state index contributed by atoms with van der Waals surface area (Å²) in [6.07, 6.45) is 7.01. The van der Waals surface area contributed by atoms with Crippen LogP contribution >= 0.6 is 0 Å². The molecule has 6 nitrogen and oxygen atoms in total. The Morgan fingerprint density at radius 1 is 1.26 bits per heavy atom. The molecular formula is C12H18N4O2S. The van der Waals surface area contributed by atoms with Crippen molar-refractivity contribution in [1.29, 1.82) is 0 Å². The Labute approximate surface area is 113 Å². The Morgan fingerprint density at radius 3 is 2.37 bits per heavy atom. The standard InChI is InChI=1S/C12H18N4O2S/c1-13-12-14-6-11(7-15-12)19(17,18)16(10-4-5-10)8-9-2-3-9/h6-7,9-10H,2-5,8H2,1H3,(H,13,14,15). The highest BCUT2D eigenvalue weighted by Crippen LogP contribution is 2.37. The minimum absolute atomic E-state index is 0.189. The van der Waals surface area contributed by atoms with Crippen molar-refractivity contribution in [3.8, 4) is 0 Å². The zero-order chi connectivity index (χ0) is 13.5. The fraction of sp³-hybridized carbons (Fsp3) is 0.667. The van der Waals surface area contributed by atoms with E-state index in [2.05, 4.69) is 15.3 Å². The van der Waals surface area contributed by atoms with E-state index < -0.39 is 10.0 Å². The maximum atomic E-state index is 12.6. The highest BCUT2D eigenvalue weighted by molar-refractivity contribution is 7.89. The Balaban J connectivity index is 1.85. The minimum Gasteiger partial charge on any atom is -0.357 e. The summed E-state index contributed by atoms with van der Waals surface area (Å²) in [4.78, 5) is 8.18. The van der Waals surface area contributed by atoms with E-state index >= 15 is 0 Å². The van der Waals surface area contributed by atoms with Gasteiger partial charge in [0.05, 0.1) is 12.4 Å². The molecule has 2 aliphatic carbocycles. The summed E-state index contributed by atoms with van der Waals surface area (Å²) in [5, 5.41) is 2.78. The van der Waals surface area contributed by atoms with Crippen molar-refractivity contribution in [1.82, 2.24) is 14.3 Å². The zero-order valence-corrected chi connectivity index (χ0v) is 11.7. The first kappa shape index (κ1) is 12.8. The van der Waals surface area contributed by atoms with Gasteiger partial charge in [-0.25, -0.2) is 18.4 Å². The largest absolute Gasteiger partial charge is 0.357 e. The van der Waals surface area contributed by atoms with Gasteiger partial charge in [-0.05, 0) is 31.6 Å². The maximum Gasteiger partial charge on any atom is 0.246 e. The van der Waals surface area contributed by atoms with E-state index in [4.69, 9.17) is 0 Å². The van der Waals surface area contributed by atoms with Crippen molar-refractivity contribution in [3.05, 3.63) is 12.4 Å². The smallest absolute Gasteiger partial charge is 0.246 e. The Bertz CT molecular complexity index is 550. The lowest BCUT2D eigenvalue weighted by atomic mass is 10.4. The normalized spacial score (nSPS) is 19.7. The van der Waals surface area contributed by atoms with Gasteiger partial charge in [-0.15, -0.1) is 0 Å². The molecule has 1 heterocycles. The van der Waals surface area contributed by atoms with Crippen LogP contribution in [0.2, 0.25) is 0 Å². The fourth-order valence-corrected chi connectivity index (χ4v) is 3.73. The first-order chi connectivity index (χ1) is 9.11. The summed E-state index contributed by atoms with van der Waals surface area (Å²) < 4.78 is 26.9. The second kappa shape index (κ2) is 4.72. The fourth-order valence-electron chi connectivity index (χ4n) is 2.07. The molecule has 0 unspecified atom stereocenters. The molecule has 1 aromatic heterocycles. The number of hydrogen-bond donors (Lipinski definition) is 1. The van der Waals surface area contributed by atoms with Gasteiger partial charge in [0.25, 0.3) is 0 Å². The van der Waals surface area contributed by atoms with Crippen LogP contribution in [0.5, 0.6) is 0 Å². The van der Waals surface area contributed by atoms with Gasteiger partial charge in [0, 0.05) is 19.6 Å². The van der Waals surface area contributed by atoms with Crippen molar-refractivity contribution in [2.45, 2.75) is 36.6 Å². The van der Waals surface area contributed by atoms with Gasteiger partial charge in [-0.3, -0.25) is 0 Å². The van der Waals surface area contributed by atoms with Gasteiger partial charge in [0.2, 0.25) is 16.0 Å². The summed E-state index contributed by atoms with van der Waals surface area (Å²) in [7, 11) is -1.74. The van der Waals surface area contributed by atoms with Crippen LogP contribution in [-0.4, -0.2) is 42.3 Å². The molecule has 7 heteroatoms. The Morgan fingerprint density at radius 2 is 1.89 bits per heavy atom. The van der Waals surface area contributed by atoms with Gasteiger partial charge in [-0.2, -0.15) is 4.31 Å². The molecule has 0 bridgehead atoms. The zero-order valence-electron chi connectivity index (χ0n) is 10.9. The van der Waals surface area contributed by atoms with Gasteiger partial charge < -0.3 is 5.32 Å². The van der Waals surface area contributed by atoms with Crippen LogP contribution < -0.4 is 5.32 Å². The van der Waals surface area contributed by atoms with Gasteiger partial charge in [-0.1, -0.05) is 0 Å². The first-order valence-electron chi connectivity index (χ1n) is 6.63. The molecule has 2 saturated carbocycles. The lowest BCUT2D eigenvalue weighted by Gasteiger charge is -2.21. The number of aromatic nitrogens is 2. The lowest BCUT2D eigenvalue weighted by Crippen LogP contribution is -2.35. The van der Waals surface area contributed by atoms with Crippen molar-refractivity contribution in [2.75, 3.05) is 18.9 Å². The average molecular weight is 282 g/mol. The van der Waals surface area contributed by atoms with Crippen molar-refractivity contribution in [3.63, 3.8) is 0 Å². The molecule has 2 fully saturated rings. The van der Waals surface area contributed by atoms with Crippen LogP contribution in [0.25, 0.3) is 0 Å². The SMILES string of the molecule is CNc1ncc(S(=O)(=O)N(CC2CC2)C2CC2)cn1. The van der Waals surface area contributed by atoms with Crippen LogP contribution in [0, 0.1) is 5.92 Å². The number of rotatable bonds is 6. The third kappa shape index (κ3) is 2.71.